The molecule has 0 spiro atoms. The van der Waals surface area contributed by atoms with Gasteiger partial charge in [0, 0.05) is 23.2 Å². The quantitative estimate of drug-likeness (QED) is 0.782. The van der Waals surface area contributed by atoms with E-state index in [0.717, 1.165) is 58.4 Å². The number of nitrogens with zero attached hydrogens (tertiary/aromatic N) is 1. The molecular formula is C23H30N3O2+. The molecule has 0 atom stereocenters. The van der Waals surface area contributed by atoms with E-state index in [0.29, 0.717) is 11.3 Å². The van der Waals surface area contributed by atoms with E-state index in [9.17, 15) is 9.59 Å². The molecule has 148 valence electrons. The van der Waals surface area contributed by atoms with Crippen LogP contribution in [0.25, 0.3) is 0 Å². The number of nitrogens with one attached hydrogen (secondary N) is 2. The Morgan fingerprint density at radius 2 is 1.75 bits per heavy atom. The number of Topliss-reactive ketones (excluding diaryl/α,β-unsaturated/α-hetero) is 1. The van der Waals surface area contributed by atoms with Gasteiger partial charge in [0.25, 0.3) is 5.91 Å². The van der Waals surface area contributed by atoms with Gasteiger partial charge in [0.2, 0.25) is 0 Å². The van der Waals surface area contributed by atoms with E-state index in [1.54, 1.807) is 12.3 Å². The summed E-state index contributed by atoms with van der Waals surface area (Å²) >= 11 is 0. The monoisotopic (exact) mass is 380 g/mol. The summed E-state index contributed by atoms with van der Waals surface area (Å²) < 4.78 is 0. The molecule has 1 saturated carbocycles. The van der Waals surface area contributed by atoms with E-state index < -0.39 is 0 Å². The summed E-state index contributed by atoms with van der Waals surface area (Å²) in [5.41, 5.74) is 2.56. The number of quaternary nitrogens is 1. The fraction of sp³-hybridized carbons (Fsp3) is 0.478. The van der Waals surface area contributed by atoms with Gasteiger partial charge in [-0.05, 0) is 18.9 Å². The summed E-state index contributed by atoms with van der Waals surface area (Å²) in [6.07, 6.45) is 7.21. The van der Waals surface area contributed by atoms with Crippen LogP contribution in [-0.2, 0) is 6.54 Å². The zero-order valence-corrected chi connectivity index (χ0v) is 16.5. The lowest BCUT2D eigenvalue weighted by Crippen LogP contribution is -3.13. The van der Waals surface area contributed by atoms with E-state index >= 15 is 0 Å². The van der Waals surface area contributed by atoms with Gasteiger partial charge in [-0.1, -0.05) is 49.6 Å². The van der Waals surface area contributed by atoms with Gasteiger partial charge in [-0.3, -0.25) is 9.59 Å². The van der Waals surface area contributed by atoms with Crippen LogP contribution in [-0.4, -0.2) is 47.8 Å². The van der Waals surface area contributed by atoms with E-state index in [-0.39, 0.29) is 17.6 Å². The van der Waals surface area contributed by atoms with Gasteiger partial charge in [-0.25, -0.2) is 0 Å². The number of H-pyrrole nitrogens is 1. The Morgan fingerprint density at radius 1 is 1.04 bits per heavy atom. The van der Waals surface area contributed by atoms with Crippen molar-refractivity contribution in [2.45, 2.75) is 38.6 Å². The third-order valence-electron chi connectivity index (χ3n) is 6.23. The van der Waals surface area contributed by atoms with Gasteiger partial charge in [0.05, 0.1) is 26.2 Å². The van der Waals surface area contributed by atoms with Gasteiger partial charge in [-0.2, -0.15) is 0 Å². The molecule has 1 saturated heterocycles. The highest BCUT2D eigenvalue weighted by Crippen LogP contribution is 2.27. The van der Waals surface area contributed by atoms with E-state index in [4.69, 9.17) is 0 Å². The lowest BCUT2D eigenvalue weighted by atomic mass is 9.84. The molecule has 2 heterocycles. The number of benzene rings is 1. The Labute approximate surface area is 166 Å². The lowest BCUT2D eigenvalue weighted by Gasteiger charge is -2.32. The van der Waals surface area contributed by atoms with Crippen LogP contribution in [0.2, 0.25) is 0 Å². The number of rotatable bonds is 5. The zero-order valence-electron chi connectivity index (χ0n) is 16.5. The van der Waals surface area contributed by atoms with Crippen molar-refractivity contribution in [3.63, 3.8) is 0 Å². The van der Waals surface area contributed by atoms with Crippen LogP contribution >= 0.6 is 0 Å². The Balaban J connectivity index is 1.32. The molecule has 1 aromatic heterocycles. The fourth-order valence-electron chi connectivity index (χ4n) is 4.52. The van der Waals surface area contributed by atoms with Crippen molar-refractivity contribution in [3.8, 4) is 0 Å². The summed E-state index contributed by atoms with van der Waals surface area (Å²) in [5.74, 6) is 0.353. The number of hydrogen-bond donors (Lipinski definition) is 2. The van der Waals surface area contributed by atoms with Crippen molar-refractivity contribution in [3.05, 3.63) is 59.4 Å². The van der Waals surface area contributed by atoms with Crippen molar-refractivity contribution in [2.75, 3.05) is 26.2 Å². The molecule has 5 heteroatoms. The number of aromatic nitrogens is 1. The topological polar surface area (TPSA) is 57.6 Å². The SMILES string of the molecule is O=C(c1c[nH]c(C(=O)N2CC[NH+](Cc3ccccc3)CC2)c1)C1CCCCC1. The van der Waals surface area contributed by atoms with Crippen molar-refractivity contribution in [2.24, 2.45) is 5.92 Å². The van der Waals surface area contributed by atoms with Crippen LogP contribution in [0.5, 0.6) is 0 Å². The highest BCUT2D eigenvalue weighted by Gasteiger charge is 2.27. The third kappa shape index (κ3) is 4.36. The molecule has 2 aliphatic rings. The molecule has 1 aliphatic heterocycles. The van der Waals surface area contributed by atoms with E-state index in [2.05, 4.69) is 29.2 Å². The van der Waals surface area contributed by atoms with Crippen molar-refractivity contribution >= 4 is 11.7 Å². The van der Waals surface area contributed by atoms with Crippen LogP contribution in [0.3, 0.4) is 0 Å². The van der Waals surface area contributed by atoms with Crippen molar-refractivity contribution in [1.29, 1.82) is 0 Å². The first kappa shape index (κ1) is 18.9. The second-order valence-electron chi connectivity index (χ2n) is 8.21. The molecule has 2 aromatic rings. The van der Waals surface area contributed by atoms with Gasteiger partial charge in [0.15, 0.2) is 5.78 Å². The molecule has 28 heavy (non-hydrogen) atoms. The molecule has 0 radical (unpaired) electrons. The molecule has 5 nitrogen and oxygen atoms in total. The summed E-state index contributed by atoms with van der Waals surface area (Å²) in [4.78, 5) is 32.0. The van der Waals surface area contributed by atoms with Crippen LogP contribution in [0.15, 0.2) is 42.6 Å². The number of aromatic amines is 1. The largest absolute Gasteiger partial charge is 0.356 e. The minimum absolute atomic E-state index is 0.0152. The molecule has 2 N–H and O–H groups in total. The van der Waals surface area contributed by atoms with Crippen LogP contribution < -0.4 is 4.90 Å². The summed E-state index contributed by atoms with van der Waals surface area (Å²) in [6.45, 7) is 4.42. The van der Waals surface area contributed by atoms with Crippen LogP contribution in [0.4, 0.5) is 0 Å². The number of amides is 1. The van der Waals surface area contributed by atoms with Crippen molar-refractivity contribution < 1.29 is 14.5 Å². The highest BCUT2D eigenvalue weighted by atomic mass is 16.2. The van der Waals surface area contributed by atoms with Gasteiger partial charge < -0.3 is 14.8 Å². The normalized spacial score (nSPS) is 18.9. The molecular weight excluding hydrogens is 350 g/mol. The van der Waals surface area contributed by atoms with Gasteiger partial charge >= 0.3 is 0 Å². The minimum atomic E-state index is 0.0152. The predicted octanol–water partition coefficient (Wildman–Crippen LogP) is 2.32. The Bertz CT molecular complexity index is 800. The first-order chi connectivity index (χ1) is 13.7. The molecule has 2 fully saturated rings. The smallest absolute Gasteiger partial charge is 0.270 e. The minimum Gasteiger partial charge on any atom is -0.356 e. The van der Waals surface area contributed by atoms with Crippen molar-refractivity contribution in [1.82, 2.24) is 9.88 Å². The average molecular weight is 381 g/mol. The summed E-state index contributed by atoms with van der Waals surface area (Å²) in [7, 11) is 0. The molecule has 1 aliphatic carbocycles. The molecule has 0 unspecified atom stereocenters. The van der Waals surface area contributed by atoms with Gasteiger partial charge in [-0.15, -0.1) is 0 Å². The molecule has 4 rings (SSSR count). The van der Waals surface area contributed by atoms with Crippen LogP contribution in [0, 0.1) is 5.92 Å². The summed E-state index contributed by atoms with van der Waals surface area (Å²) in [5, 5.41) is 0. The number of ketones is 1. The van der Waals surface area contributed by atoms with Gasteiger partial charge in [0.1, 0.15) is 12.2 Å². The maximum Gasteiger partial charge on any atom is 0.270 e. The predicted molar refractivity (Wildman–Crippen MR) is 108 cm³/mol. The second-order valence-corrected chi connectivity index (χ2v) is 8.21. The van der Waals surface area contributed by atoms with Crippen LogP contribution in [0.1, 0.15) is 58.5 Å². The Hall–Kier alpha value is -2.40. The Morgan fingerprint density at radius 3 is 2.46 bits per heavy atom. The molecule has 1 amide bonds. The number of carbonyl (C=O) groups excluding carboxylic acids is 2. The lowest BCUT2D eigenvalue weighted by molar-refractivity contribution is -0.917. The standard InChI is InChI=1S/C23H29N3O2/c27-22(19-9-5-2-6-10-19)20-15-21(24-16-20)23(28)26-13-11-25(12-14-26)17-18-7-3-1-4-8-18/h1,3-4,7-8,15-16,19,24H,2,5-6,9-14,17H2/p+1. The maximum atomic E-state index is 12.9. The number of hydrogen-bond acceptors (Lipinski definition) is 2. The number of carbonyl (C=O) groups is 2. The molecule has 1 aromatic carbocycles. The maximum absolute atomic E-state index is 12.9. The third-order valence-corrected chi connectivity index (χ3v) is 6.23. The zero-order chi connectivity index (χ0) is 19.3. The fourth-order valence-corrected chi connectivity index (χ4v) is 4.52. The average Bonchev–Trinajstić information content (AvgIpc) is 3.25. The van der Waals surface area contributed by atoms with E-state index in [1.165, 1.54) is 16.9 Å². The van der Waals surface area contributed by atoms with E-state index in [1.807, 2.05) is 11.0 Å². The molecule has 0 bridgehead atoms. The first-order valence-electron chi connectivity index (χ1n) is 10.6. The Kier molecular flexibility index (Phi) is 5.91. The second kappa shape index (κ2) is 8.74. The first-order valence-corrected chi connectivity index (χ1v) is 10.6. The highest BCUT2D eigenvalue weighted by molar-refractivity contribution is 6.01. The number of piperazine rings is 1. The summed E-state index contributed by atoms with van der Waals surface area (Å²) in [6, 6.07) is 12.3.